The number of halogens is 4. The maximum Gasteiger partial charge on any atom is 3.00 e. The van der Waals surface area contributed by atoms with E-state index in [1.807, 2.05) is 97.1 Å². The third-order valence-corrected chi connectivity index (χ3v) is 8.82. The molecule has 0 saturated carbocycles. The van der Waals surface area contributed by atoms with Crippen LogP contribution in [0.1, 0.15) is 22.8 Å². The zero-order valence-corrected chi connectivity index (χ0v) is 46.5. The number of hydrogen-bond acceptors (Lipinski definition) is 28. The summed E-state index contributed by atoms with van der Waals surface area (Å²) in [5.74, 6) is 0. The molecule has 0 saturated heterocycles. The van der Waals surface area contributed by atoms with Crippen molar-refractivity contribution in [3.8, 4) is 0 Å². The number of hydrogen-bond donors (Lipinski definition) is 2. The third-order valence-electron chi connectivity index (χ3n) is 8.82. The number of fused-ring (bicyclic) bond motifs is 6. The quantitative estimate of drug-likeness (QED) is 0.0810. The van der Waals surface area contributed by atoms with E-state index in [0.29, 0.717) is 0 Å². The molecule has 0 atom stereocenters. The van der Waals surface area contributed by atoms with Crippen LogP contribution in [0.4, 0.5) is 0 Å². The average molecular weight is 1310 g/mol. The molecule has 34 heteroatoms. The monoisotopic (exact) mass is 1300 g/mol. The van der Waals surface area contributed by atoms with Gasteiger partial charge in [-0.1, -0.05) is 72.8 Å². The molecule has 0 aliphatic heterocycles. The molecule has 438 valence electrons. The largest absolute Gasteiger partial charge is 3.00 e. The topological polar surface area (TPSA) is 542 Å². The number of nitrogens with zero attached hydrogens (tertiary/aromatic N) is 8. The second kappa shape index (κ2) is 41.1. The van der Waals surface area contributed by atoms with Crippen molar-refractivity contribution in [3.63, 3.8) is 0 Å². The first-order valence-electron chi connectivity index (χ1n) is 21.6. The number of nitrogens with one attached hydrogen (secondary N) is 2. The first kappa shape index (κ1) is 76.1. The Balaban J connectivity index is 0.000000946. The van der Waals surface area contributed by atoms with Gasteiger partial charge in [0.05, 0.1) is 44.8 Å². The molecule has 0 amide bonds. The van der Waals surface area contributed by atoms with Crippen LogP contribution in [0.25, 0.3) is 43.6 Å². The fraction of sp³-hybridized carbons (Fsp3) is 0.0833. The molecular formula is C48H42Cl4Co2N10O18. The zero-order chi connectivity index (χ0) is 59.5. The van der Waals surface area contributed by atoms with Gasteiger partial charge in [-0.15, -0.1) is 41.0 Å². The molecule has 0 aliphatic rings. The fourth-order valence-electron chi connectivity index (χ4n) is 6.01. The number of benzene rings is 2. The van der Waals surface area contributed by atoms with Gasteiger partial charge in [0.15, 0.2) is 0 Å². The van der Waals surface area contributed by atoms with Gasteiger partial charge in [-0.05, 0) is 72.8 Å². The first-order chi connectivity index (χ1) is 37.8. The van der Waals surface area contributed by atoms with Crippen LogP contribution >= 0.6 is 0 Å². The Morgan fingerprint density at radius 1 is 0.244 bits per heavy atom. The summed E-state index contributed by atoms with van der Waals surface area (Å²) >= 11 is 0. The minimum atomic E-state index is -4.94. The normalized spacial score (nSPS) is 10.4. The van der Waals surface area contributed by atoms with Gasteiger partial charge < -0.3 is 21.1 Å². The van der Waals surface area contributed by atoms with Crippen molar-refractivity contribution in [1.29, 1.82) is 0 Å². The summed E-state index contributed by atoms with van der Waals surface area (Å²) < 4.78 is 136. The summed E-state index contributed by atoms with van der Waals surface area (Å²) in [5.41, 5.74) is 8.11. The van der Waals surface area contributed by atoms with Gasteiger partial charge in [-0.3, -0.25) is 39.9 Å². The first-order valence-corrected chi connectivity index (χ1v) is 26.6. The van der Waals surface area contributed by atoms with E-state index in [2.05, 4.69) is 99.0 Å². The zero-order valence-electron chi connectivity index (χ0n) is 41.4. The Morgan fingerprint density at radius 3 is 0.573 bits per heavy atom. The van der Waals surface area contributed by atoms with E-state index >= 15 is 0 Å². The van der Waals surface area contributed by atoms with Crippen LogP contribution in [-0.2, 0) is 59.7 Å². The Labute approximate surface area is 495 Å². The minimum absolute atomic E-state index is 0. The van der Waals surface area contributed by atoms with Crippen LogP contribution in [0, 0.1) is 41.0 Å². The van der Waals surface area contributed by atoms with E-state index in [1.54, 1.807) is 49.6 Å². The van der Waals surface area contributed by atoms with Crippen molar-refractivity contribution in [2.45, 2.75) is 26.2 Å². The van der Waals surface area contributed by atoms with Crippen LogP contribution < -0.4 is 95.7 Å². The van der Waals surface area contributed by atoms with Crippen LogP contribution in [0.2, 0.25) is 0 Å². The molecule has 0 spiro atoms. The van der Waals surface area contributed by atoms with Crippen LogP contribution in [-0.4, -0.2) is 39.9 Å². The third kappa shape index (κ3) is 39.5. The molecule has 10 aromatic rings. The van der Waals surface area contributed by atoms with Gasteiger partial charge in [-0.25, -0.2) is 74.5 Å². The number of pyridine rings is 8. The fourth-order valence-corrected chi connectivity index (χ4v) is 6.01. The van der Waals surface area contributed by atoms with E-state index in [4.69, 9.17) is 85.1 Å². The van der Waals surface area contributed by atoms with E-state index in [-0.39, 0.29) is 33.6 Å². The molecule has 8 aromatic heterocycles. The molecule has 2 N–H and O–H groups in total. The van der Waals surface area contributed by atoms with Gasteiger partial charge in [0.1, 0.15) is 0 Å². The summed E-state index contributed by atoms with van der Waals surface area (Å²) in [4.78, 5) is 34.3. The van der Waals surface area contributed by atoms with Crippen molar-refractivity contribution in [3.05, 3.63) is 218 Å². The molecule has 10 rings (SSSR count). The van der Waals surface area contributed by atoms with E-state index in [9.17, 15) is 0 Å². The maximum absolute atomic E-state index is 8.49. The second-order valence-corrected chi connectivity index (χ2v) is 17.5. The standard InChI is InChI=1S/2C12H13N3.2C12H8N2.4ClHO4.2Co.O2/c2*1-3-7-14-11(5-1)9-13-10-12-6-2-4-8-15-12;2*1-3-9-5-6-10-4-2-8-14-12(10)11(9)13-7-1;4*2-1(3,4)5;;;1-2/h2*1-8,13H,9-10H2;2*1-8H;4*(H,2,3,4,5);;;/q;;;;;;;;2*+3;-2/p-4. The van der Waals surface area contributed by atoms with Crippen molar-refractivity contribution in [2.75, 3.05) is 0 Å². The molecule has 8 heterocycles. The van der Waals surface area contributed by atoms with E-state index < -0.39 is 41.0 Å². The van der Waals surface area contributed by atoms with Crippen molar-refractivity contribution in [1.82, 2.24) is 50.5 Å². The number of rotatable bonds is 8. The van der Waals surface area contributed by atoms with Crippen LogP contribution in [0.3, 0.4) is 0 Å². The van der Waals surface area contributed by atoms with E-state index in [0.717, 1.165) is 92.6 Å². The van der Waals surface area contributed by atoms with Gasteiger partial charge in [0, 0.05) is 97.3 Å². The molecular weight excluding hydrogens is 1260 g/mol. The molecule has 0 radical (unpaired) electrons. The van der Waals surface area contributed by atoms with Crippen LogP contribution in [0.5, 0.6) is 0 Å². The Morgan fingerprint density at radius 2 is 0.415 bits per heavy atom. The Kier molecular flexibility index (Phi) is 38.1. The molecule has 0 bridgehead atoms. The molecule has 0 aliphatic carbocycles. The second-order valence-electron chi connectivity index (χ2n) is 14.4. The Bertz CT molecular complexity index is 2780. The molecule has 82 heavy (non-hydrogen) atoms. The summed E-state index contributed by atoms with van der Waals surface area (Å²) in [6, 6.07) is 47.9. The molecule has 0 fully saturated rings. The summed E-state index contributed by atoms with van der Waals surface area (Å²) in [6.45, 7) is 3.10. The molecule has 0 unspecified atom stereocenters. The smallest absolute Gasteiger partial charge is 1.00 e. The Hall–Kier alpha value is -5.95. The van der Waals surface area contributed by atoms with E-state index in [1.165, 1.54) is 0 Å². The maximum atomic E-state index is 8.49. The summed E-state index contributed by atoms with van der Waals surface area (Å²) in [6.07, 6.45) is 14.4. The van der Waals surface area contributed by atoms with Gasteiger partial charge in [-0.2, -0.15) is 0 Å². The van der Waals surface area contributed by atoms with Crippen molar-refractivity contribution in [2.24, 2.45) is 0 Å². The number of aromatic nitrogens is 8. The molecule has 2 aromatic carbocycles. The van der Waals surface area contributed by atoms with Crippen LogP contribution in [0.15, 0.2) is 195 Å². The summed E-state index contributed by atoms with van der Waals surface area (Å²) in [5, 5.41) is 25.1. The van der Waals surface area contributed by atoms with Gasteiger partial charge in [0.25, 0.3) is 0 Å². The van der Waals surface area contributed by atoms with Gasteiger partial charge >= 0.3 is 33.6 Å². The van der Waals surface area contributed by atoms with Crippen molar-refractivity contribution >= 4 is 43.6 Å². The molecule has 28 nitrogen and oxygen atoms in total. The average Bonchev–Trinajstić information content (AvgIpc) is 3.63. The summed E-state index contributed by atoms with van der Waals surface area (Å²) in [7, 11) is -19.8. The predicted octanol–water partition coefficient (Wildman–Crippen LogP) is -12.3. The SMILES string of the molecule is [Co+3].[Co+3].[O-][Cl+3]([O-])([O-])[O-].[O-][Cl+3]([O-])([O-])[O-].[O-][Cl+3]([O-])([O-])[O-].[O-][Cl+3]([O-])([O-])[O-].[O-][O-].c1ccc(CNCc2ccccn2)nc1.c1ccc(CNCc2ccccn2)nc1.c1cnc2c(c1)ccc1cccnc12.c1cnc2c(c1)ccc1cccnc12. The predicted molar refractivity (Wildman–Crippen MR) is 232 cm³/mol. The van der Waals surface area contributed by atoms with Gasteiger partial charge in [0.2, 0.25) is 0 Å². The van der Waals surface area contributed by atoms with Crippen molar-refractivity contribution < 1.29 is 160 Å². The minimum Gasteiger partial charge on any atom is -1.00 e.